The van der Waals surface area contributed by atoms with Gasteiger partial charge in [-0.1, -0.05) is 5.16 Å². The number of halogens is 3. The maximum Gasteiger partial charge on any atom is 0.435 e. The van der Waals surface area contributed by atoms with Crippen LogP contribution < -0.4 is 0 Å². The first-order chi connectivity index (χ1) is 8.91. The summed E-state index contributed by atoms with van der Waals surface area (Å²) in [4.78, 5) is 3.89. The van der Waals surface area contributed by atoms with Crippen LogP contribution in [0.25, 0.3) is 11.4 Å². The van der Waals surface area contributed by atoms with E-state index in [2.05, 4.69) is 15.2 Å². The fourth-order valence-electron chi connectivity index (χ4n) is 1.52. The summed E-state index contributed by atoms with van der Waals surface area (Å²) in [7, 11) is 2.89. The van der Waals surface area contributed by atoms with Gasteiger partial charge in [-0.25, -0.2) is 0 Å². The average Bonchev–Trinajstić information content (AvgIpc) is 2.91. The molecule has 0 aromatic carbocycles. The van der Waals surface area contributed by atoms with Gasteiger partial charge in [0.25, 0.3) is 0 Å². The highest BCUT2D eigenvalue weighted by Crippen LogP contribution is 2.34. The Balaban J connectivity index is 2.34. The number of hydrogen-bond donors (Lipinski definition) is 0. The number of rotatable bonds is 4. The van der Waals surface area contributed by atoms with Crippen molar-refractivity contribution in [2.75, 3.05) is 13.7 Å². The third kappa shape index (κ3) is 2.92. The number of ether oxygens (including phenoxy) is 1. The summed E-state index contributed by atoms with van der Waals surface area (Å²) in [6.45, 7) is 0.348. The molecule has 0 aliphatic rings. The molecule has 2 heterocycles. The Kier molecular flexibility index (Phi) is 3.56. The van der Waals surface area contributed by atoms with Gasteiger partial charge in [0.05, 0.1) is 18.6 Å². The molecule has 2 aromatic rings. The summed E-state index contributed by atoms with van der Waals surface area (Å²) in [5.74, 6) is 0.0837. The van der Waals surface area contributed by atoms with Crippen molar-refractivity contribution in [3.63, 3.8) is 0 Å². The lowest BCUT2D eigenvalue weighted by Gasteiger charge is -2.02. The second kappa shape index (κ2) is 5.00. The Morgan fingerprint density at radius 3 is 2.79 bits per heavy atom. The predicted octanol–water partition coefficient (Wildman–Crippen LogP) is 1.68. The summed E-state index contributed by atoms with van der Waals surface area (Å²) >= 11 is 0. The lowest BCUT2D eigenvalue weighted by atomic mass is 10.2. The van der Waals surface area contributed by atoms with Crippen molar-refractivity contribution in [1.29, 1.82) is 0 Å². The highest BCUT2D eigenvalue weighted by molar-refractivity contribution is 5.57. The van der Waals surface area contributed by atoms with Crippen molar-refractivity contribution in [2.45, 2.75) is 12.6 Å². The molecule has 6 nitrogen and oxygen atoms in total. The molecule has 2 aromatic heterocycles. The summed E-state index contributed by atoms with van der Waals surface area (Å²) in [5, 5.41) is 6.91. The van der Waals surface area contributed by atoms with E-state index in [-0.39, 0.29) is 17.3 Å². The van der Waals surface area contributed by atoms with Gasteiger partial charge in [-0.05, 0) is 0 Å². The molecule has 104 valence electrons. The van der Waals surface area contributed by atoms with Crippen LogP contribution in [-0.2, 0) is 24.4 Å². The average molecular weight is 276 g/mol. The highest BCUT2D eigenvalue weighted by atomic mass is 19.4. The predicted molar refractivity (Wildman–Crippen MR) is 57.1 cm³/mol. The van der Waals surface area contributed by atoms with Crippen LogP contribution in [0, 0.1) is 0 Å². The van der Waals surface area contributed by atoms with E-state index in [0.717, 1.165) is 4.68 Å². The minimum atomic E-state index is -4.57. The van der Waals surface area contributed by atoms with Gasteiger partial charge >= 0.3 is 6.18 Å². The van der Waals surface area contributed by atoms with Gasteiger partial charge in [0.15, 0.2) is 5.69 Å². The van der Waals surface area contributed by atoms with E-state index in [1.54, 1.807) is 0 Å². The van der Waals surface area contributed by atoms with Crippen LogP contribution in [-0.4, -0.2) is 33.6 Å². The smallest absolute Gasteiger partial charge is 0.384 e. The normalized spacial score (nSPS) is 12.1. The third-order valence-electron chi connectivity index (χ3n) is 2.33. The van der Waals surface area contributed by atoms with Crippen LogP contribution in [0.3, 0.4) is 0 Å². The summed E-state index contributed by atoms with van der Waals surface area (Å²) < 4.78 is 49.1. The molecule has 0 aliphatic heterocycles. The van der Waals surface area contributed by atoms with E-state index in [0.29, 0.717) is 13.0 Å². The van der Waals surface area contributed by atoms with Crippen molar-refractivity contribution in [3.8, 4) is 11.4 Å². The maximum absolute atomic E-state index is 12.8. The van der Waals surface area contributed by atoms with Crippen LogP contribution in [0.1, 0.15) is 11.6 Å². The third-order valence-corrected chi connectivity index (χ3v) is 2.33. The molecule has 0 bridgehead atoms. The van der Waals surface area contributed by atoms with Gasteiger partial charge in [-0.15, -0.1) is 0 Å². The monoisotopic (exact) mass is 276 g/mol. The first-order valence-electron chi connectivity index (χ1n) is 5.34. The number of aryl methyl sites for hydroxylation is 1. The van der Waals surface area contributed by atoms with Crippen molar-refractivity contribution in [2.24, 2.45) is 7.05 Å². The molecule has 9 heteroatoms. The summed E-state index contributed by atoms with van der Waals surface area (Å²) in [5.41, 5.74) is -1.24. The zero-order chi connectivity index (χ0) is 14.0. The molecule has 0 fully saturated rings. The minimum Gasteiger partial charge on any atom is -0.384 e. The molecule has 19 heavy (non-hydrogen) atoms. The second-order valence-electron chi connectivity index (χ2n) is 3.82. The van der Waals surface area contributed by atoms with Gasteiger partial charge < -0.3 is 9.26 Å². The first kappa shape index (κ1) is 13.5. The molecular formula is C10H11F3N4O2. The molecule has 0 spiro atoms. The molecule has 0 radical (unpaired) electrons. The Bertz CT molecular complexity index is 561. The number of aromatic nitrogens is 4. The number of nitrogens with zero attached hydrogens (tertiary/aromatic N) is 4. The maximum atomic E-state index is 12.8. The van der Waals surface area contributed by atoms with E-state index in [4.69, 9.17) is 9.26 Å². The fourth-order valence-corrected chi connectivity index (χ4v) is 1.52. The highest BCUT2D eigenvalue weighted by Gasteiger charge is 2.38. The number of alkyl halides is 3. The summed E-state index contributed by atoms with van der Waals surface area (Å²) in [6.07, 6.45) is -3.02. The van der Waals surface area contributed by atoms with Gasteiger partial charge in [0.2, 0.25) is 11.7 Å². The second-order valence-corrected chi connectivity index (χ2v) is 3.82. The Hall–Kier alpha value is -1.90. The lowest BCUT2D eigenvalue weighted by molar-refractivity contribution is -0.141. The molecular weight excluding hydrogens is 265 g/mol. The Morgan fingerprint density at radius 2 is 2.16 bits per heavy atom. The van der Waals surface area contributed by atoms with Crippen molar-refractivity contribution in [1.82, 2.24) is 19.9 Å². The zero-order valence-corrected chi connectivity index (χ0v) is 10.2. The van der Waals surface area contributed by atoms with Gasteiger partial charge in [0, 0.05) is 20.4 Å². The van der Waals surface area contributed by atoms with Crippen LogP contribution in [0.15, 0.2) is 10.7 Å². The van der Waals surface area contributed by atoms with Crippen LogP contribution in [0.4, 0.5) is 13.2 Å². The molecule has 0 saturated carbocycles. The Labute approximate surface area is 106 Å². The molecule has 0 atom stereocenters. The number of methoxy groups -OCH3 is 1. The molecule has 0 unspecified atom stereocenters. The zero-order valence-electron chi connectivity index (χ0n) is 10.2. The van der Waals surface area contributed by atoms with E-state index < -0.39 is 11.9 Å². The SMILES string of the molecule is COCCc1nc(-c2cn(C)nc2C(F)(F)F)no1. The number of hydrogen-bond acceptors (Lipinski definition) is 5. The Morgan fingerprint density at radius 1 is 1.42 bits per heavy atom. The van der Waals surface area contributed by atoms with E-state index in [9.17, 15) is 13.2 Å². The first-order valence-corrected chi connectivity index (χ1v) is 5.34. The van der Waals surface area contributed by atoms with Gasteiger partial charge in [-0.2, -0.15) is 23.3 Å². The standard InChI is InChI=1S/C10H11F3N4O2/c1-17-5-6(8(15-17)10(11,12)13)9-14-7(19-16-9)3-4-18-2/h5H,3-4H2,1-2H3. The van der Waals surface area contributed by atoms with Gasteiger partial charge in [0.1, 0.15) is 0 Å². The summed E-state index contributed by atoms with van der Waals surface area (Å²) in [6, 6.07) is 0. The quantitative estimate of drug-likeness (QED) is 0.850. The van der Waals surface area contributed by atoms with Crippen molar-refractivity contribution < 1.29 is 22.4 Å². The van der Waals surface area contributed by atoms with Crippen LogP contribution in [0.5, 0.6) is 0 Å². The minimum absolute atomic E-state index is 0.133. The van der Waals surface area contributed by atoms with Crippen LogP contribution in [0.2, 0.25) is 0 Å². The van der Waals surface area contributed by atoms with E-state index in [1.165, 1.54) is 20.4 Å². The molecule has 0 aliphatic carbocycles. The molecule has 0 amide bonds. The van der Waals surface area contributed by atoms with Crippen LogP contribution >= 0.6 is 0 Å². The van der Waals surface area contributed by atoms with E-state index in [1.807, 2.05) is 0 Å². The largest absolute Gasteiger partial charge is 0.435 e. The molecule has 0 saturated heterocycles. The molecule has 0 N–H and O–H groups in total. The fraction of sp³-hybridized carbons (Fsp3) is 0.500. The van der Waals surface area contributed by atoms with Crippen molar-refractivity contribution in [3.05, 3.63) is 17.8 Å². The van der Waals surface area contributed by atoms with Crippen molar-refractivity contribution >= 4 is 0 Å². The lowest BCUT2D eigenvalue weighted by Crippen LogP contribution is -2.08. The molecule has 2 rings (SSSR count). The van der Waals surface area contributed by atoms with Gasteiger partial charge in [-0.3, -0.25) is 4.68 Å². The van der Waals surface area contributed by atoms with E-state index >= 15 is 0 Å². The topological polar surface area (TPSA) is 66.0 Å².